The third kappa shape index (κ3) is 2.20. The summed E-state index contributed by atoms with van der Waals surface area (Å²) in [5.41, 5.74) is 1.90. The Morgan fingerprint density at radius 1 is 1.00 bits per heavy atom. The van der Waals surface area contributed by atoms with Gasteiger partial charge >= 0.3 is 5.97 Å². The molecule has 0 saturated heterocycles. The third-order valence-electron chi connectivity index (χ3n) is 3.28. The Morgan fingerprint density at radius 3 is 2.20 bits per heavy atom. The van der Waals surface area contributed by atoms with Crippen molar-refractivity contribution in [3.63, 3.8) is 0 Å². The van der Waals surface area contributed by atoms with Gasteiger partial charge < -0.3 is 14.6 Å². The molecule has 20 heavy (non-hydrogen) atoms. The standard InChI is InChI=1S/C16H14O4/c1-10-6-8-11(9-7-10)14-15(16(17)18)20-13-5-3-2-4-12(13)19-14/h2-9,14-15H,1H3,(H,17,18)/t14-,15+/m0/s1. The molecule has 4 nitrogen and oxygen atoms in total. The highest BCUT2D eigenvalue weighted by molar-refractivity contribution is 5.74. The molecule has 0 aromatic heterocycles. The molecule has 2 atom stereocenters. The fraction of sp³-hybridized carbons (Fsp3) is 0.188. The second-order valence-electron chi connectivity index (χ2n) is 4.77. The van der Waals surface area contributed by atoms with Crippen LogP contribution >= 0.6 is 0 Å². The van der Waals surface area contributed by atoms with Gasteiger partial charge in [-0.3, -0.25) is 0 Å². The zero-order valence-electron chi connectivity index (χ0n) is 10.9. The lowest BCUT2D eigenvalue weighted by Crippen LogP contribution is -2.39. The van der Waals surface area contributed by atoms with E-state index in [2.05, 4.69) is 0 Å². The lowest BCUT2D eigenvalue weighted by atomic mass is 10.0. The van der Waals surface area contributed by atoms with E-state index in [9.17, 15) is 9.90 Å². The van der Waals surface area contributed by atoms with Gasteiger partial charge in [0.05, 0.1) is 0 Å². The number of aliphatic carboxylic acids is 1. The Labute approximate surface area is 116 Å². The van der Waals surface area contributed by atoms with Crippen LogP contribution in [-0.4, -0.2) is 17.2 Å². The molecule has 1 aliphatic heterocycles. The highest BCUT2D eigenvalue weighted by Gasteiger charge is 2.38. The summed E-state index contributed by atoms with van der Waals surface area (Å²) in [5.74, 6) is -0.0103. The summed E-state index contributed by atoms with van der Waals surface area (Å²) in [5, 5.41) is 9.35. The first kappa shape index (κ1) is 12.5. The van der Waals surface area contributed by atoms with Gasteiger partial charge in [0.15, 0.2) is 17.6 Å². The zero-order valence-corrected chi connectivity index (χ0v) is 10.9. The average Bonchev–Trinajstić information content (AvgIpc) is 2.46. The fourth-order valence-corrected chi connectivity index (χ4v) is 2.22. The summed E-state index contributed by atoms with van der Waals surface area (Å²) in [6.45, 7) is 1.98. The van der Waals surface area contributed by atoms with Gasteiger partial charge in [-0.25, -0.2) is 4.79 Å². The smallest absolute Gasteiger partial charge is 0.349 e. The van der Waals surface area contributed by atoms with E-state index in [0.717, 1.165) is 11.1 Å². The molecule has 102 valence electrons. The van der Waals surface area contributed by atoms with Crippen LogP contribution in [0.25, 0.3) is 0 Å². The maximum Gasteiger partial charge on any atom is 0.349 e. The van der Waals surface area contributed by atoms with E-state index >= 15 is 0 Å². The molecule has 0 aliphatic carbocycles. The Balaban J connectivity index is 2.00. The van der Waals surface area contributed by atoms with Crippen molar-refractivity contribution in [3.8, 4) is 11.5 Å². The quantitative estimate of drug-likeness (QED) is 0.911. The molecular formula is C16H14O4. The Hall–Kier alpha value is -2.49. The van der Waals surface area contributed by atoms with E-state index in [1.54, 1.807) is 18.2 Å². The van der Waals surface area contributed by atoms with E-state index in [-0.39, 0.29) is 0 Å². The number of carboxylic acids is 1. The van der Waals surface area contributed by atoms with Crippen LogP contribution in [0.1, 0.15) is 17.2 Å². The number of carboxylic acid groups (broad SMARTS) is 1. The van der Waals surface area contributed by atoms with Gasteiger partial charge in [0.1, 0.15) is 0 Å². The van der Waals surface area contributed by atoms with E-state index in [0.29, 0.717) is 11.5 Å². The van der Waals surface area contributed by atoms with E-state index in [1.165, 1.54) is 0 Å². The van der Waals surface area contributed by atoms with Crippen LogP contribution in [0.4, 0.5) is 0 Å². The maximum atomic E-state index is 11.4. The molecule has 2 aromatic rings. The summed E-state index contributed by atoms with van der Waals surface area (Å²) in [6, 6.07) is 14.7. The van der Waals surface area contributed by atoms with Crippen LogP contribution in [-0.2, 0) is 4.79 Å². The SMILES string of the molecule is Cc1ccc([C@@H]2Oc3ccccc3O[C@H]2C(=O)O)cc1. The minimum Gasteiger partial charge on any atom is -0.478 e. The van der Waals surface area contributed by atoms with Gasteiger partial charge in [-0.2, -0.15) is 0 Å². The molecule has 0 amide bonds. The molecule has 0 bridgehead atoms. The number of hydrogen-bond donors (Lipinski definition) is 1. The van der Waals surface area contributed by atoms with Crippen molar-refractivity contribution < 1.29 is 19.4 Å². The Bertz CT molecular complexity index is 633. The molecule has 0 spiro atoms. The van der Waals surface area contributed by atoms with Gasteiger partial charge in [0.25, 0.3) is 0 Å². The molecule has 0 radical (unpaired) electrons. The molecule has 0 unspecified atom stereocenters. The molecule has 1 aliphatic rings. The fourth-order valence-electron chi connectivity index (χ4n) is 2.22. The maximum absolute atomic E-state index is 11.4. The summed E-state index contributed by atoms with van der Waals surface area (Å²) in [6.07, 6.45) is -1.70. The number of rotatable bonds is 2. The van der Waals surface area contributed by atoms with Gasteiger partial charge in [0.2, 0.25) is 6.10 Å². The number of carbonyl (C=O) groups is 1. The van der Waals surface area contributed by atoms with Crippen LogP contribution in [0.15, 0.2) is 48.5 Å². The van der Waals surface area contributed by atoms with Crippen molar-refractivity contribution in [2.45, 2.75) is 19.1 Å². The molecule has 0 fully saturated rings. The minimum atomic E-state index is -1.05. The van der Waals surface area contributed by atoms with E-state index < -0.39 is 18.2 Å². The van der Waals surface area contributed by atoms with E-state index in [1.807, 2.05) is 37.3 Å². The normalized spacial score (nSPS) is 20.4. The van der Waals surface area contributed by atoms with Gasteiger partial charge in [-0.05, 0) is 24.6 Å². The summed E-state index contributed by atoms with van der Waals surface area (Å²) < 4.78 is 11.4. The highest BCUT2D eigenvalue weighted by atomic mass is 16.6. The first-order chi connectivity index (χ1) is 9.65. The van der Waals surface area contributed by atoms with Gasteiger partial charge in [0, 0.05) is 0 Å². The lowest BCUT2D eigenvalue weighted by Gasteiger charge is -2.31. The summed E-state index contributed by atoms with van der Waals surface area (Å²) >= 11 is 0. The first-order valence-corrected chi connectivity index (χ1v) is 6.37. The Morgan fingerprint density at radius 2 is 1.60 bits per heavy atom. The molecule has 4 heteroatoms. The number of aryl methyl sites for hydroxylation is 1. The molecular weight excluding hydrogens is 256 g/mol. The zero-order chi connectivity index (χ0) is 14.1. The predicted molar refractivity (Wildman–Crippen MR) is 73.0 cm³/mol. The molecule has 3 rings (SSSR count). The van der Waals surface area contributed by atoms with E-state index in [4.69, 9.17) is 9.47 Å². The molecule has 2 aromatic carbocycles. The van der Waals surface area contributed by atoms with Crippen LogP contribution in [0, 0.1) is 6.92 Å². The summed E-state index contributed by atoms with van der Waals surface area (Å²) in [4.78, 5) is 11.4. The number of hydrogen-bond acceptors (Lipinski definition) is 3. The second-order valence-corrected chi connectivity index (χ2v) is 4.77. The topological polar surface area (TPSA) is 55.8 Å². The highest BCUT2D eigenvalue weighted by Crippen LogP contribution is 2.39. The molecule has 0 saturated carbocycles. The Kier molecular flexibility index (Phi) is 3.06. The molecule has 1 heterocycles. The van der Waals surface area contributed by atoms with Crippen LogP contribution in [0.3, 0.4) is 0 Å². The largest absolute Gasteiger partial charge is 0.478 e. The minimum absolute atomic E-state index is 0.461. The van der Waals surface area contributed by atoms with Crippen molar-refractivity contribution in [2.75, 3.05) is 0 Å². The first-order valence-electron chi connectivity index (χ1n) is 6.37. The summed E-state index contributed by atoms with van der Waals surface area (Å²) in [7, 11) is 0. The second kappa shape index (κ2) is 4.89. The number of benzene rings is 2. The number of ether oxygens (including phenoxy) is 2. The number of fused-ring (bicyclic) bond motifs is 1. The van der Waals surface area contributed by atoms with Crippen molar-refractivity contribution >= 4 is 5.97 Å². The number of para-hydroxylation sites is 2. The van der Waals surface area contributed by atoms with Crippen molar-refractivity contribution in [2.24, 2.45) is 0 Å². The predicted octanol–water partition coefficient (Wildman–Crippen LogP) is 2.96. The molecule has 1 N–H and O–H groups in total. The lowest BCUT2D eigenvalue weighted by molar-refractivity contribution is -0.151. The average molecular weight is 270 g/mol. The van der Waals surface area contributed by atoms with Crippen LogP contribution in [0.5, 0.6) is 11.5 Å². The van der Waals surface area contributed by atoms with Crippen LogP contribution in [0.2, 0.25) is 0 Å². The van der Waals surface area contributed by atoms with Gasteiger partial charge in [-0.15, -0.1) is 0 Å². The van der Waals surface area contributed by atoms with Crippen molar-refractivity contribution in [1.29, 1.82) is 0 Å². The van der Waals surface area contributed by atoms with Crippen molar-refractivity contribution in [1.82, 2.24) is 0 Å². The van der Waals surface area contributed by atoms with Crippen LogP contribution < -0.4 is 9.47 Å². The van der Waals surface area contributed by atoms with Crippen molar-refractivity contribution in [3.05, 3.63) is 59.7 Å². The van der Waals surface area contributed by atoms with Gasteiger partial charge in [-0.1, -0.05) is 42.0 Å². The monoisotopic (exact) mass is 270 g/mol. The third-order valence-corrected chi connectivity index (χ3v) is 3.28.